The summed E-state index contributed by atoms with van der Waals surface area (Å²) in [6.45, 7) is 8.27. The Balaban J connectivity index is 2.32. The van der Waals surface area contributed by atoms with E-state index in [0.717, 1.165) is 23.2 Å². The Kier molecular flexibility index (Phi) is 6.85. The van der Waals surface area contributed by atoms with Gasteiger partial charge in [-0.25, -0.2) is 0 Å². The SMILES string of the molecule is C=C(C)COCCNCc1ccccc1CC(=O)O. The van der Waals surface area contributed by atoms with Crippen molar-refractivity contribution in [1.82, 2.24) is 5.32 Å². The minimum atomic E-state index is -0.808. The van der Waals surface area contributed by atoms with Crippen LogP contribution in [0.5, 0.6) is 0 Å². The highest BCUT2D eigenvalue weighted by Crippen LogP contribution is 2.09. The molecule has 0 saturated carbocycles. The van der Waals surface area contributed by atoms with Crippen LogP contribution in [0.1, 0.15) is 18.1 Å². The van der Waals surface area contributed by atoms with Gasteiger partial charge < -0.3 is 15.2 Å². The van der Waals surface area contributed by atoms with Crippen molar-refractivity contribution in [1.29, 1.82) is 0 Å². The highest BCUT2D eigenvalue weighted by Gasteiger charge is 2.05. The molecule has 0 radical (unpaired) electrons. The van der Waals surface area contributed by atoms with Crippen molar-refractivity contribution in [2.75, 3.05) is 19.8 Å². The van der Waals surface area contributed by atoms with Crippen molar-refractivity contribution in [3.63, 3.8) is 0 Å². The molecule has 0 unspecified atom stereocenters. The highest BCUT2D eigenvalue weighted by atomic mass is 16.5. The Morgan fingerprint density at radius 2 is 2.05 bits per heavy atom. The molecule has 0 amide bonds. The largest absolute Gasteiger partial charge is 0.481 e. The van der Waals surface area contributed by atoms with Crippen molar-refractivity contribution in [2.24, 2.45) is 0 Å². The molecule has 0 spiro atoms. The fourth-order valence-corrected chi connectivity index (χ4v) is 1.68. The van der Waals surface area contributed by atoms with E-state index in [2.05, 4.69) is 11.9 Å². The first kappa shape index (κ1) is 15.4. The number of benzene rings is 1. The van der Waals surface area contributed by atoms with Gasteiger partial charge >= 0.3 is 5.97 Å². The molecule has 4 nitrogen and oxygen atoms in total. The number of carboxylic acids is 1. The highest BCUT2D eigenvalue weighted by molar-refractivity contribution is 5.70. The lowest BCUT2D eigenvalue weighted by molar-refractivity contribution is -0.136. The molecule has 0 heterocycles. The zero-order valence-electron chi connectivity index (χ0n) is 11.3. The van der Waals surface area contributed by atoms with Gasteiger partial charge in [-0.1, -0.05) is 36.4 Å². The fraction of sp³-hybridized carbons (Fsp3) is 0.400. The predicted octanol–water partition coefficient (Wildman–Crippen LogP) is 2.00. The van der Waals surface area contributed by atoms with E-state index < -0.39 is 5.97 Å². The van der Waals surface area contributed by atoms with Gasteiger partial charge in [-0.05, 0) is 18.1 Å². The summed E-state index contributed by atoms with van der Waals surface area (Å²) in [6.07, 6.45) is 0.0595. The normalized spacial score (nSPS) is 10.4. The lowest BCUT2D eigenvalue weighted by Crippen LogP contribution is -2.20. The third-order valence-corrected chi connectivity index (χ3v) is 2.55. The second-order valence-electron chi connectivity index (χ2n) is 4.53. The molecule has 0 aliphatic heterocycles. The van der Waals surface area contributed by atoms with Gasteiger partial charge in [0.25, 0.3) is 0 Å². The Bertz CT molecular complexity index is 429. The molecule has 0 aliphatic carbocycles. The number of aliphatic carboxylic acids is 1. The van der Waals surface area contributed by atoms with Gasteiger partial charge in [-0.3, -0.25) is 4.79 Å². The van der Waals surface area contributed by atoms with E-state index in [4.69, 9.17) is 9.84 Å². The van der Waals surface area contributed by atoms with Gasteiger partial charge in [0.05, 0.1) is 19.6 Å². The molecule has 4 heteroatoms. The fourth-order valence-electron chi connectivity index (χ4n) is 1.68. The molecule has 0 bridgehead atoms. The average molecular weight is 263 g/mol. The van der Waals surface area contributed by atoms with Gasteiger partial charge in [-0.2, -0.15) is 0 Å². The Labute approximate surface area is 114 Å². The van der Waals surface area contributed by atoms with Crippen LogP contribution in [0.15, 0.2) is 36.4 Å². The van der Waals surface area contributed by atoms with Crippen molar-refractivity contribution >= 4 is 5.97 Å². The van der Waals surface area contributed by atoms with Crippen molar-refractivity contribution in [3.05, 3.63) is 47.5 Å². The van der Waals surface area contributed by atoms with E-state index in [0.29, 0.717) is 19.8 Å². The number of hydrogen-bond donors (Lipinski definition) is 2. The van der Waals surface area contributed by atoms with Crippen LogP contribution in [0.2, 0.25) is 0 Å². The van der Waals surface area contributed by atoms with Crippen LogP contribution in [-0.4, -0.2) is 30.8 Å². The van der Waals surface area contributed by atoms with E-state index in [9.17, 15) is 4.79 Å². The monoisotopic (exact) mass is 263 g/mol. The molecule has 0 saturated heterocycles. The summed E-state index contributed by atoms with van der Waals surface area (Å²) in [6, 6.07) is 7.57. The second-order valence-corrected chi connectivity index (χ2v) is 4.53. The molecule has 0 fully saturated rings. The summed E-state index contributed by atoms with van der Waals surface area (Å²) in [4.78, 5) is 10.8. The summed E-state index contributed by atoms with van der Waals surface area (Å²) in [5.74, 6) is -0.808. The quantitative estimate of drug-likeness (QED) is 0.528. The van der Waals surface area contributed by atoms with E-state index >= 15 is 0 Å². The van der Waals surface area contributed by atoms with Crippen LogP contribution in [0.4, 0.5) is 0 Å². The number of carbonyl (C=O) groups is 1. The second kappa shape index (κ2) is 8.45. The van der Waals surface area contributed by atoms with Crippen LogP contribution < -0.4 is 5.32 Å². The summed E-state index contributed by atoms with van der Waals surface area (Å²) in [7, 11) is 0. The maximum Gasteiger partial charge on any atom is 0.307 e. The lowest BCUT2D eigenvalue weighted by Gasteiger charge is -2.09. The summed E-state index contributed by atoms with van der Waals surface area (Å²) in [5.41, 5.74) is 2.88. The van der Waals surface area contributed by atoms with Crippen LogP contribution in [0, 0.1) is 0 Å². The predicted molar refractivity (Wildman–Crippen MR) is 75.1 cm³/mol. The first-order valence-corrected chi connectivity index (χ1v) is 6.31. The number of nitrogens with one attached hydrogen (secondary N) is 1. The molecule has 2 N–H and O–H groups in total. The van der Waals surface area contributed by atoms with Gasteiger partial charge in [0.15, 0.2) is 0 Å². The smallest absolute Gasteiger partial charge is 0.307 e. The topological polar surface area (TPSA) is 58.6 Å². The zero-order valence-corrected chi connectivity index (χ0v) is 11.3. The summed E-state index contributed by atoms with van der Waals surface area (Å²) >= 11 is 0. The molecule has 0 aromatic heterocycles. The van der Waals surface area contributed by atoms with Crippen LogP contribution in [0.3, 0.4) is 0 Å². The maximum atomic E-state index is 10.8. The number of carboxylic acid groups (broad SMARTS) is 1. The van der Waals surface area contributed by atoms with E-state index in [1.165, 1.54) is 0 Å². The van der Waals surface area contributed by atoms with Crippen molar-refractivity contribution in [2.45, 2.75) is 19.9 Å². The molecule has 0 aliphatic rings. The molecule has 1 aromatic rings. The van der Waals surface area contributed by atoms with Gasteiger partial charge in [0, 0.05) is 13.1 Å². The van der Waals surface area contributed by atoms with Crippen LogP contribution >= 0.6 is 0 Å². The standard InChI is InChI=1S/C15H21NO3/c1-12(2)11-19-8-7-16-10-14-6-4-3-5-13(14)9-15(17)18/h3-6,16H,1,7-11H2,2H3,(H,17,18). The van der Waals surface area contributed by atoms with E-state index in [1.54, 1.807) is 0 Å². The summed E-state index contributed by atoms with van der Waals surface area (Å²) in [5, 5.41) is 12.1. The Morgan fingerprint density at radius 3 is 2.68 bits per heavy atom. The minimum Gasteiger partial charge on any atom is -0.481 e. The van der Waals surface area contributed by atoms with Crippen LogP contribution in [-0.2, 0) is 22.5 Å². The summed E-state index contributed by atoms with van der Waals surface area (Å²) < 4.78 is 5.37. The third kappa shape index (κ3) is 6.74. The van der Waals surface area contributed by atoms with Crippen molar-refractivity contribution < 1.29 is 14.6 Å². The average Bonchev–Trinajstić information content (AvgIpc) is 2.34. The van der Waals surface area contributed by atoms with Gasteiger partial charge in [0.2, 0.25) is 0 Å². The molecule has 19 heavy (non-hydrogen) atoms. The van der Waals surface area contributed by atoms with Gasteiger partial charge in [0.1, 0.15) is 0 Å². The molecule has 1 rings (SSSR count). The molecular formula is C15H21NO3. The third-order valence-electron chi connectivity index (χ3n) is 2.55. The molecule has 104 valence electrons. The number of rotatable bonds is 9. The van der Waals surface area contributed by atoms with Crippen LogP contribution in [0.25, 0.3) is 0 Å². The maximum absolute atomic E-state index is 10.8. The lowest BCUT2D eigenvalue weighted by atomic mass is 10.0. The molecule has 0 atom stereocenters. The zero-order chi connectivity index (χ0) is 14.1. The molecule has 1 aromatic carbocycles. The Morgan fingerprint density at radius 1 is 1.37 bits per heavy atom. The molecular weight excluding hydrogens is 242 g/mol. The van der Waals surface area contributed by atoms with E-state index in [1.807, 2.05) is 31.2 Å². The van der Waals surface area contributed by atoms with E-state index in [-0.39, 0.29) is 6.42 Å². The van der Waals surface area contributed by atoms with Gasteiger partial charge in [-0.15, -0.1) is 0 Å². The first-order valence-electron chi connectivity index (χ1n) is 6.31. The number of hydrogen-bond acceptors (Lipinski definition) is 3. The van der Waals surface area contributed by atoms with Crippen molar-refractivity contribution in [3.8, 4) is 0 Å². The minimum absolute atomic E-state index is 0.0595. The first-order chi connectivity index (χ1) is 9.09. The number of ether oxygens (including phenoxy) is 1. The Hall–Kier alpha value is -1.65.